The van der Waals surface area contributed by atoms with E-state index in [1.807, 2.05) is 0 Å². The molecule has 1 saturated carbocycles. The van der Waals surface area contributed by atoms with Crippen LogP contribution in [0.25, 0.3) is 0 Å². The van der Waals surface area contributed by atoms with Crippen molar-refractivity contribution in [1.82, 2.24) is 10.6 Å². The molecule has 1 aromatic rings. The van der Waals surface area contributed by atoms with Gasteiger partial charge in [0.15, 0.2) is 0 Å². The summed E-state index contributed by atoms with van der Waals surface area (Å²) in [5.41, 5.74) is 2.61. The van der Waals surface area contributed by atoms with Crippen molar-refractivity contribution in [2.75, 3.05) is 13.1 Å². The van der Waals surface area contributed by atoms with Crippen molar-refractivity contribution in [2.24, 2.45) is 0 Å². The van der Waals surface area contributed by atoms with Crippen molar-refractivity contribution >= 4 is 5.91 Å². The molecule has 0 radical (unpaired) electrons. The Morgan fingerprint density at radius 1 is 1.32 bits per heavy atom. The molecule has 1 aromatic carbocycles. The van der Waals surface area contributed by atoms with Crippen LogP contribution in [0.5, 0.6) is 0 Å². The van der Waals surface area contributed by atoms with Gasteiger partial charge in [0.25, 0.3) is 0 Å². The highest BCUT2D eigenvalue weighted by Gasteiger charge is 2.16. The second-order valence-electron chi connectivity index (χ2n) is 5.46. The number of amides is 1. The van der Waals surface area contributed by atoms with Gasteiger partial charge in [-0.1, -0.05) is 42.7 Å². The summed E-state index contributed by atoms with van der Waals surface area (Å²) in [6.07, 6.45) is 5.78. The second-order valence-corrected chi connectivity index (χ2v) is 5.46. The third-order valence-corrected chi connectivity index (χ3v) is 3.68. The standard InChI is InChI=1S/C16H24N2O/c1-13-5-4-6-14(11-13)9-10-17-12-16(19)18-15-7-2-3-8-15/h4-6,11,15,17H,2-3,7-10,12H2,1H3,(H,18,19). The normalized spacial score (nSPS) is 15.6. The Bertz CT molecular complexity index is 411. The molecule has 1 amide bonds. The Labute approximate surface area is 115 Å². The molecule has 3 nitrogen and oxygen atoms in total. The van der Waals surface area contributed by atoms with Gasteiger partial charge in [0.2, 0.25) is 5.91 Å². The van der Waals surface area contributed by atoms with Gasteiger partial charge in [-0.15, -0.1) is 0 Å². The summed E-state index contributed by atoms with van der Waals surface area (Å²) in [6.45, 7) is 3.38. The smallest absolute Gasteiger partial charge is 0.234 e. The molecule has 0 aliphatic heterocycles. The predicted octanol–water partition coefficient (Wildman–Crippen LogP) is 2.19. The lowest BCUT2D eigenvalue weighted by atomic mass is 10.1. The Morgan fingerprint density at radius 2 is 2.11 bits per heavy atom. The van der Waals surface area contributed by atoms with Crippen LogP contribution < -0.4 is 10.6 Å². The minimum atomic E-state index is 0.135. The molecule has 0 atom stereocenters. The van der Waals surface area contributed by atoms with E-state index in [1.165, 1.54) is 24.0 Å². The van der Waals surface area contributed by atoms with Crippen LogP contribution in [0.2, 0.25) is 0 Å². The zero-order chi connectivity index (χ0) is 13.5. The minimum Gasteiger partial charge on any atom is -0.352 e. The number of aryl methyl sites for hydroxylation is 1. The van der Waals surface area contributed by atoms with Crippen LogP contribution in [-0.4, -0.2) is 25.0 Å². The van der Waals surface area contributed by atoms with E-state index in [1.54, 1.807) is 0 Å². The van der Waals surface area contributed by atoms with Crippen molar-refractivity contribution in [2.45, 2.75) is 45.1 Å². The highest BCUT2D eigenvalue weighted by molar-refractivity contribution is 5.78. The topological polar surface area (TPSA) is 41.1 Å². The van der Waals surface area contributed by atoms with Gasteiger partial charge in [-0.25, -0.2) is 0 Å². The Morgan fingerprint density at radius 3 is 2.84 bits per heavy atom. The summed E-state index contributed by atoms with van der Waals surface area (Å²) in [4.78, 5) is 11.7. The van der Waals surface area contributed by atoms with Gasteiger partial charge < -0.3 is 10.6 Å². The second kappa shape index (κ2) is 7.29. The van der Waals surface area contributed by atoms with Crippen LogP contribution in [-0.2, 0) is 11.2 Å². The highest BCUT2D eigenvalue weighted by atomic mass is 16.1. The molecule has 0 bridgehead atoms. The number of rotatable bonds is 6. The molecule has 19 heavy (non-hydrogen) atoms. The molecule has 0 spiro atoms. The fourth-order valence-corrected chi connectivity index (χ4v) is 2.65. The molecule has 0 heterocycles. The molecule has 2 rings (SSSR count). The molecule has 1 aliphatic carbocycles. The lowest BCUT2D eigenvalue weighted by Crippen LogP contribution is -2.39. The first-order chi connectivity index (χ1) is 9.24. The van der Waals surface area contributed by atoms with E-state index in [9.17, 15) is 4.79 Å². The highest BCUT2D eigenvalue weighted by Crippen LogP contribution is 2.17. The minimum absolute atomic E-state index is 0.135. The van der Waals surface area contributed by atoms with Gasteiger partial charge in [0.05, 0.1) is 6.54 Å². The van der Waals surface area contributed by atoms with Crippen LogP contribution in [0, 0.1) is 6.92 Å². The molecule has 1 aliphatic rings. The summed E-state index contributed by atoms with van der Waals surface area (Å²) < 4.78 is 0. The van der Waals surface area contributed by atoms with Gasteiger partial charge >= 0.3 is 0 Å². The number of hydrogen-bond donors (Lipinski definition) is 2. The maximum atomic E-state index is 11.7. The summed E-state index contributed by atoms with van der Waals surface area (Å²) in [5, 5.41) is 6.30. The maximum absolute atomic E-state index is 11.7. The van der Waals surface area contributed by atoms with E-state index in [2.05, 4.69) is 41.8 Å². The first-order valence-corrected chi connectivity index (χ1v) is 7.29. The van der Waals surface area contributed by atoms with Crippen molar-refractivity contribution in [3.63, 3.8) is 0 Å². The average molecular weight is 260 g/mol. The average Bonchev–Trinajstić information content (AvgIpc) is 2.87. The van der Waals surface area contributed by atoms with Crippen molar-refractivity contribution in [3.05, 3.63) is 35.4 Å². The molecule has 104 valence electrons. The van der Waals surface area contributed by atoms with E-state index < -0.39 is 0 Å². The van der Waals surface area contributed by atoms with Crippen molar-refractivity contribution in [1.29, 1.82) is 0 Å². The van der Waals surface area contributed by atoms with E-state index in [-0.39, 0.29) is 5.91 Å². The van der Waals surface area contributed by atoms with Crippen LogP contribution in [0.3, 0.4) is 0 Å². The molecule has 0 saturated heterocycles. The summed E-state index contributed by atoms with van der Waals surface area (Å²) in [5.74, 6) is 0.135. The lowest BCUT2D eigenvalue weighted by Gasteiger charge is -2.12. The Kier molecular flexibility index (Phi) is 5.40. The molecule has 0 unspecified atom stereocenters. The molecular weight excluding hydrogens is 236 g/mol. The first-order valence-electron chi connectivity index (χ1n) is 7.29. The van der Waals surface area contributed by atoms with Gasteiger partial charge in [-0.05, 0) is 38.3 Å². The van der Waals surface area contributed by atoms with E-state index >= 15 is 0 Å². The number of carbonyl (C=O) groups excluding carboxylic acids is 1. The van der Waals surface area contributed by atoms with Gasteiger partial charge in [0.1, 0.15) is 0 Å². The maximum Gasteiger partial charge on any atom is 0.234 e. The molecule has 1 fully saturated rings. The van der Waals surface area contributed by atoms with E-state index in [4.69, 9.17) is 0 Å². The summed E-state index contributed by atoms with van der Waals surface area (Å²) in [7, 11) is 0. The van der Waals surface area contributed by atoms with Crippen molar-refractivity contribution < 1.29 is 4.79 Å². The van der Waals surface area contributed by atoms with Crippen LogP contribution >= 0.6 is 0 Å². The number of benzene rings is 1. The third kappa shape index (κ3) is 5.03. The number of hydrogen-bond acceptors (Lipinski definition) is 2. The molecule has 0 aromatic heterocycles. The van der Waals surface area contributed by atoms with Gasteiger partial charge in [-0.2, -0.15) is 0 Å². The number of nitrogens with one attached hydrogen (secondary N) is 2. The zero-order valence-electron chi connectivity index (χ0n) is 11.7. The Balaban J connectivity index is 1.59. The van der Waals surface area contributed by atoms with Crippen LogP contribution in [0.4, 0.5) is 0 Å². The first kappa shape index (κ1) is 14.1. The van der Waals surface area contributed by atoms with Crippen LogP contribution in [0.15, 0.2) is 24.3 Å². The fraction of sp³-hybridized carbons (Fsp3) is 0.562. The van der Waals surface area contributed by atoms with Gasteiger partial charge in [0, 0.05) is 6.04 Å². The zero-order valence-corrected chi connectivity index (χ0v) is 11.7. The third-order valence-electron chi connectivity index (χ3n) is 3.68. The van der Waals surface area contributed by atoms with Crippen molar-refractivity contribution in [3.8, 4) is 0 Å². The lowest BCUT2D eigenvalue weighted by molar-refractivity contribution is -0.120. The van der Waals surface area contributed by atoms with Gasteiger partial charge in [-0.3, -0.25) is 4.79 Å². The van der Waals surface area contributed by atoms with Crippen LogP contribution in [0.1, 0.15) is 36.8 Å². The van der Waals surface area contributed by atoms with E-state index in [0.29, 0.717) is 12.6 Å². The molecular formula is C16H24N2O. The predicted molar refractivity (Wildman–Crippen MR) is 78.2 cm³/mol. The SMILES string of the molecule is Cc1cccc(CCNCC(=O)NC2CCCC2)c1. The Hall–Kier alpha value is -1.35. The monoisotopic (exact) mass is 260 g/mol. The molecule has 3 heteroatoms. The summed E-state index contributed by atoms with van der Waals surface area (Å²) >= 11 is 0. The largest absolute Gasteiger partial charge is 0.352 e. The summed E-state index contributed by atoms with van der Waals surface area (Å²) in [6, 6.07) is 8.93. The quantitative estimate of drug-likeness (QED) is 0.770. The fourth-order valence-electron chi connectivity index (χ4n) is 2.65. The molecule has 2 N–H and O–H groups in total. The van der Waals surface area contributed by atoms with E-state index in [0.717, 1.165) is 25.8 Å². The number of carbonyl (C=O) groups is 1.